The molecule has 4 rings (SSSR count). The molecule has 2 aromatic carbocycles. The van der Waals surface area contributed by atoms with Gasteiger partial charge in [0.15, 0.2) is 23.0 Å². The third-order valence-electron chi connectivity index (χ3n) is 6.49. The quantitative estimate of drug-likeness (QED) is 0.427. The number of furan rings is 1. The van der Waals surface area contributed by atoms with Crippen molar-refractivity contribution in [1.29, 1.82) is 0 Å². The number of Topliss-reactive ketones (excluding diaryl/α,β-unsaturated/α-hetero) is 1. The predicted octanol–water partition coefficient (Wildman–Crippen LogP) is 5.65. The second-order valence-corrected chi connectivity index (χ2v) is 9.03. The van der Waals surface area contributed by atoms with Crippen molar-refractivity contribution in [2.45, 2.75) is 59.5 Å². The summed E-state index contributed by atoms with van der Waals surface area (Å²) in [5.74, 6) is 1.87. The van der Waals surface area contributed by atoms with Crippen molar-refractivity contribution >= 4 is 22.7 Å². The smallest absolute Gasteiger partial charge is 0.287 e. The van der Waals surface area contributed by atoms with Crippen LogP contribution in [0.4, 0.5) is 0 Å². The molecule has 0 unspecified atom stereocenters. The van der Waals surface area contributed by atoms with E-state index in [1.807, 2.05) is 52.8 Å². The zero-order valence-electron chi connectivity index (χ0n) is 21.1. The van der Waals surface area contributed by atoms with Crippen molar-refractivity contribution in [2.24, 2.45) is 0 Å². The molecule has 35 heavy (non-hydrogen) atoms. The highest BCUT2D eigenvalue weighted by Gasteiger charge is 2.37. The molecule has 0 aliphatic carbocycles. The maximum Gasteiger partial charge on any atom is 0.287 e. The number of ketones is 1. The molecule has 0 bridgehead atoms. The van der Waals surface area contributed by atoms with Gasteiger partial charge < -0.3 is 23.9 Å². The van der Waals surface area contributed by atoms with E-state index in [1.165, 1.54) is 0 Å². The van der Waals surface area contributed by atoms with E-state index >= 15 is 0 Å². The Labute approximate surface area is 205 Å². The Morgan fingerprint density at radius 3 is 2.54 bits per heavy atom. The number of rotatable bonds is 9. The number of amides is 1. The number of hydrogen-bond acceptors (Lipinski definition) is 6. The van der Waals surface area contributed by atoms with Crippen LogP contribution in [0.15, 0.2) is 34.7 Å². The summed E-state index contributed by atoms with van der Waals surface area (Å²) in [7, 11) is 0. The summed E-state index contributed by atoms with van der Waals surface area (Å²) in [6.45, 7) is 11.1. The van der Waals surface area contributed by atoms with Gasteiger partial charge in [0, 0.05) is 17.5 Å². The molecule has 1 aliphatic heterocycles. The Morgan fingerprint density at radius 1 is 1.09 bits per heavy atom. The first-order valence-electron chi connectivity index (χ1n) is 12.2. The van der Waals surface area contributed by atoms with Gasteiger partial charge in [-0.1, -0.05) is 13.0 Å². The fraction of sp³-hybridized carbons (Fsp3) is 0.429. The molecule has 0 fully saturated rings. The van der Waals surface area contributed by atoms with Crippen molar-refractivity contribution in [2.75, 3.05) is 19.8 Å². The van der Waals surface area contributed by atoms with E-state index in [0.29, 0.717) is 71.9 Å². The maximum atomic E-state index is 13.0. The van der Waals surface area contributed by atoms with E-state index in [0.717, 1.165) is 12.0 Å². The molecule has 0 radical (unpaired) electrons. The molecule has 7 heteroatoms. The first-order chi connectivity index (χ1) is 16.8. The minimum Gasteiger partial charge on any atom is -0.490 e. The summed E-state index contributed by atoms with van der Waals surface area (Å²) in [5, 5.41) is 3.59. The molecular weight excluding hydrogens is 446 g/mol. The van der Waals surface area contributed by atoms with Crippen LogP contribution in [0.1, 0.15) is 72.6 Å². The second kappa shape index (κ2) is 10.0. The summed E-state index contributed by atoms with van der Waals surface area (Å²) in [6, 6.07) is 9.32. The molecule has 3 aromatic rings. The van der Waals surface area contributed by atoms with Gasteiger partial charge in [0.1, 0.15) is 16.9 Å². The van der Waals surface area contributed by atoms with E-state index in [4.69, 9.17) is 18.6 Å². The average Bonchev–Trinajstić information content (AvgIpc) is 3.17. The van der Waals surface area contributed by atoms with Crippen molar-refractivity contribution in [3.63, 3.8) is 0 Å². The van der Waals surface area contributed by atoms with Crippen LogP contribution in [0.2, 0.25) is 0 Å². The highest BCUT2D eigenvalue weighted by atomic mass is 16.5. The Bertz CT molecular complexity index is 1260. The van der Waals surface area contributed by atoms with Gasteiger partial charge in [-0.15, -0.1) is 0 Å². The molecule has 0 saturated carbocycles. The summed E-state index contributed by atoms with van der Waals surface area (Å²) < 4.78 is 23.3. The van der Waals surface area contributed by atoms with Crippen molar-refractivity contribution in [1.82, 2.24) is 5.32 Å². The van der Waals surface area contributed by atoms with Gasteiger partial charge in [0.2, 0.25) is 0 Å². The zero-order chi connectivity index (χ0) is 25.2. The molecule has 7 nitrogen and oxygen atoms in total. The van der Waals surface area contributed by atoms with Crippen molar-refractivity contribution in [3.8, 4) is 17.2 Å². The lowest BCUT2D eigenvalue weighted by atomic mass is 9.87. The third-order valence-corrected chi connectivity index (χ3v) is 6.49. The number of carbonyl (C=O) groups excluding carboxylic acids is 2. The number of ether oxygens (including phenoxy) is 3. The van der Waals surface area contributed by atoms with Crippen LogP contribution in [0.3, 0.4) is 0 Å². The standard InChI is InChI=1S/C28H33NO6/c1-6-28(5)16-19(30)25-22(35-28)12-11-21-24(25)17(4)26(34-21)27(31)29-14-13-18-9-10-20(32-7-2)23(15-18)33-8-3/h9-12,15H,6-8,13-14,16H2,1-5H3,(H,29,31)/t28-/m1/s1. The van der Waals surface area contributed by atoms with E-state index in [-0.39, 0.29) is 17.5 Å². The largest absolute Gasteiger partial charge is 0.490 e. The SMILES string of the molecule is CCOc1ccc(CCNC(=O)c2oc3ccc4c(c3c2C)C(=O)C[C@@](C)(CC)O4)cc1OCC. The first kappa shape index (κ1) is 24.6. The van der Waals surface area contributed by atoms with Crippen LogP contribution in [-0.2, 0) is 6.42 Å². The molecule has 2 heterocycles. The molecule has 1 amide bonds. The van der Waals surface area contributed by atoms with Crippen LogP contribution >= 0.6 is 0 Å². The highest BCUT2D eigenvalue weighted by molar-refractivity contribution is 6.13. The fourth-order valence-corrected chi connectivity index (χ4v) is 4.48. The van der Waals surface area contributed by atoms with Crippen molar-refractivity contribution < 1.29 is 28.2 Å². The molecule has 1 N–H and O–H groups in total. The maximum absolute atomic E-state index is 13.0. The predicted molar refractivity (Wildman–Crippen MR) is 134 cm³/mol. The molecule has 1 aromatic heterocycles. The third kappa shape index (κ3) is 4.85. The Morgan fingerprint density at radius 2 is 1.83 bits per heavy atom. The Kier molecular flexibility index (Phi) is 7.05. The van der Waals surface area contributed by atoms with Crippen LogP contribution in [0, 0.1) is 6.92 Å². The number of nitrogens with one attached hydrogen (secondary N) is 1. The molecule has 0 spiro atoms. The van der Waals surface area contributed by atoms with Gasteiger partial charge >= 0.3 is 0 Å². The second-order valence-electron chi connectivity index (χ2n) is 9.03. The first-order valence-corrected chi connectivity index (χ1v) is 12.2. The minimum atomic E-state index is -0.515. The zero-order valence-corrected chi connectivity index (χ0v) is 21.1. The number of fused-ring (bicyclic) bond motifs is 3. The van der Waals surface area contributed by atoms with Crippen LogP contribution < -0.4 is 19.5 Å². The number of carbonyl (C=O) groups is 2. The lowest BCUT2D eigenvalue weighted by molar-refractivity contribution is 0.0503. The average molecular weight is 480 g/mol. The molecular formula is C28H33NO6. The van der Waals surface area contributed by atoms with E-state index in [1.54, 1.807) is 12.1 Å². The van der Waals surface area contributed by atoms with Crippen molar-refractivity contribution in [3.05, 3.63) is 52.8 Å². The normalized spacial score (nSPS) is 17.1. The molecule has 1 aliphatic rings. The van der Waals surface area contributed by atoms with E-state index in [9.17, 15) is 9.59 Å². The summed E-state index contributed by atoms with van der Waals surface area (Å²) in [6.07, 6.45) is 1.65. The van der Waals surface area contributed by atoms with Crippen LogP contribution in [0.25, 0.3) is 11.0 Å². The molecule has 0 saturated heterocycles. The van der Waals surface area contributed by atoms with Crippen LogP contribution in [0.5, 0.6) is 17.2 Å². The summed E-state index contributed by atoms with van der Waals surface area (Å²) in [4.78, 5) is 26.0. The van der Waals surface area contributed by atoms with Gasteiger partial charge in [-0.3, -0.25) is 9.59 Å². The van der Waals surface area contributed by atoms with Gasteiger partial charge in [-0.05, 0) is 70.4 Å². The monoisotopic (exact) mass is 479 g/mol. The van der Waals surface area contributed by atoms with Gasteiger partial charge in [0.05, 0.1) is 25.2 Å². The number of aryl methyl sites for hydroxylation is 1. The summed E-state index contributed by atoms with van der Waals surface area (Å²) >= 11 is 0. The fourth-order valence-electron chi connectivity index (χ4n) is 4.48. The van der Waals surface area contributed by atoms with Gasteiger partial charge in [-0.2, -0.15) is 0 Å². The lowest BCUT2D eigenvalue weighted by Crippen LogP contribution is -2.38. The van der Waals surface area contributed by atoms with E-state index in [2.05, 4.69) is 5.32 Å². The van der Waals surface area contributed by atoms with Crippen LogP contribution in [-0.4, -0.2) is 37.0 Å². The van der Waals surface area contributed by atoms with Gasteiger partial charge in [-0.25, -0.2) is 0 Å². The Balaban J connectivity index is 1.50. The lowest BCUT2D eigenvalue weighted by Gasteiger charge is -2.34. The summed E-state index contributed by atoms with van der Waals surface area (Å²) in [5.41, 5.74) is 2.17. The minimum absolute atomic E-state index is 0.0117. The number of hydrogen-bond donors (Lipinski definition) is 1. The van der Waals surface area contributed by atoms with E-state index < -0.39 is 5.60 Å². The topological polar surface area (TPSA) is 87.0 Å². The molecule has 186 valence electrons. The van der Waals surface area contributed by atoms with Gasteiger partial charge in [0.25, 0.3) is 5.91 Å². The highest BCUT2D eigenvalue weighted by Crippen LogP contribution is 2.41. The Hall–Kier alpha value is -3.48. The number of benzene rings is 2. The molecule has 1 atom stereocenters.